The summed E-state index contributed by atoms with van der Waals surface area (Å²) in [6.07, 6.45) is -0.180. The van der Waals surface area contributed by atoms with Gasteiger partial charge in [0.1, 0.15) is 5.75 Å². The molecule has 3 nitrogen and oxygen atoms in total. The summed E-state index contributed by atoms with van der Waals surface area (Å²) in [7, 11) is -1.36. The molecule has 100 valence electrons. The summed E-state index contributed by atoms with van der Waals surface area (Å²) in [4.78, 5) is 12.1. The minimum absolute atomic E-state index is 0.101. The van der Waals surface area contributed by atoms with Crippen molar-refractivity contribution in [2.45, 2.75) is 24.8 Å². The van der Waals surface area contributed by atoms with E-state index in [1.165, 1.54) is 0 Å². The lowest BCUT2D eigenvalue weighted by molar-refractivity contribution is -0.144. The molecular formula is C15H16O3S. The van der Waals surface area contributed by atoms with E-state index >= 15 is 0 Å². The number of hydrogen-bond donors (Lipinski definition) is 0. The molecule has 0 saturated carbocycles. The molecule has 2 rings (SSSR count). The van der Waals surface area contributed by atoms with E-state index in [2.05, 4.69) is 0 Å². The van der Waals surface area contributed by atoms with Crippen LogP contribution in [0.3, 0.4) is 0 Å². The Hall–Kier alpha value is -1.68. The van der Waals surface area contributed by atoms with Gasteiger partial charge in [-0.25, -0.2) is 0 Å². The predicted molar refractivity (Wildman–Crippen MR) is 76.5 cm³/mol. The van der Waals surface area contributed by atoms with E-state index in [1.54, 1.807) is 19.9 Å². The van der Waals surface area contributed by atoms with Gasteiger partial charge in [-0.05, 0) is 36.8 Å². The topological polar surface area (TPSA) is 43.4 Å². The van der Waals surface area contributed by atoms with E-state index in [-0.39, 0.29) is 11.9 Å². The van der Waals surface area contributed by atoms with Crippen LogP contribution < -0.4 is 0 Å². The highest BCUT2D eigenvalue weighted by Gasteiger charge is 2.13. The number of carbonyl (C=O) groups excluding carboxylic acids is 1. The van der Waals surface area contributed by atoms with Gasteiger partial charge >= 0.3 is 5.97 Å². The van der Waals surface area contributed by atoms with E-state index in [4.69, 9.17) is 4.74 Å². The van der Waals surface area contributed by atoms with Crippen LogP contribution in [0.5, 0.6) is 0 Å². The summed E-state index contributed by atoms with van der Waals surface area (Å²) in [6.45, 7) is 3.55. The Morgan fingerprint density at radius 2 is 1.84 bits per heavy atom. The first-order valence-electron chi connectivity index (χ1n) is 6.13. The summed E-state index contributed by atoms with van der Waals surface area (Å²) in [5.74, 6) is -0.530. The number of carbonyl (C=O) groups is 1. The van der Waals surface area contributed by atoms with Crippen molar-refractivity contribution in [3.8, 4) is 0 Å². The number of benzene rings is 2. The van der Waals surface area contributed by atoms with Crippen LogP contribution in [0.25, 0.3) is 10.8 Å². The molecule has 0 aliphatic rings. The zero-order valence-electron chi connectivity index (χ0n) is 11.0. The van der Waals surface area contributed by atoms with Crippen LogP contribution in [0.1, 0.15) is 13.8 Å². The highest BCUT2D eigenvalue weighted by molar-refractivity contribution is 7.85. The fraction of sp³-hybridized carbons (Fsp3) is 0.267. The molecule has 0 aliphatic heterocycles. The number of hydrogen-bond acceptors (Lipinski definition) is 3. The Bertz CT molecular complexity index is 620. The highest BCUT2D eigenvalue weighted by atomic mass is 32.2. The second-order valence-corrected chi connectivity index (χ2v) is 5.99. The number of fused-ring (bicyclic) bond motifs is 1. The van der Waals surface area contributed by atoms with E-state index in [1.807, 2.05) is 36.4 Å². The molecule has 1 atom stereocenters. The smallest absolute Gasteiger partial charge is 0.319 e. The lowest BCUT2D eigenvalue weighted by atomic mass is 10.1. The molecule has 19 heavy (non-hydrogen) atoms. The number of rotatable bonds is 4. The third kappa shape index (κ3) is 3.64. The third-order valence-corrected chi connectivity index (χ3v) is 3.88. The van der Waals surface area contributed by atoms with Gasteiger partial charge < -0.3 is 4.74 Å². The monoisotopic (exact) mass is 276 g/mol. The van der Waals surface area contributed by atoms with Gasteiger partial charge in [-0.3, -0.25) is 9.00 Å². The molecule has 0 heterocycles. The zero-order valence-corrected chi connectivity index (χ0v) is 11.8. The first-order chi connectivity index (χ1) is 9.06. The van der Waals surface area contributed by atoms with Crippen LogP contribution in [0.15, 0.2) is 47.4 Å². The average Bonchev–Trinajstić information content (AvgIpc) is 2.37. The molecule has 0 aromatic heterocycles. The van der Waals surface area contributed by atoms with Crippen molar-refractivity contribution < 1.29 is 13.7 Å². The molecule has 0 spiro atoms. The summed E-state index contributed by atoms with van der Waals surface area (Å²) >= 11 is 0. The van der Waals surface area contributed by atoms with Gasteiger partial charge in [-0.15, -0.1) is 0 Å². The van der Waals surface area contributed by atoms with Gasteiger partial charge in [0.25, 0.3) is 0 Å². The Labute approximate surface area is 115 Å². The fourth-order valence-electron chi connectivity index (χ4n) is 1.80. The first-order valence-corrected chi connectivity index (χ1v) is 7.45. The van der Waals surface area contributed by atoms with Crippen LogP contribution in [-0.4, -0.2) is 22.0 Å². The largest absolute Gasteiger partial charge is 0.462 e. The standard InChI is InChI=1S/C15H16O3S/c1-11(2)18-15(16)10-19(17)14-8-7-12-5-3-4-6-13(12)9-14/h3-9,11H,10H2,1-2H3. The predicted octanol–water partition coefficient (Wildman–Crippen LogP) is 2.90. The number of esters is 1. The molecule has 0 radical (unpaired) electrons. The molecule has 0 saturated heterocycles. The molecule has 0 bridgehead atoms. The Kier molecular flexibility index (Phi) is 4.32. The molecule has 0 fully saturated rings. The molecule has 4 heteroatoms. The normalized spacial score (nSPS) is 12.6. The molecule has 2 aromatic rings. The Morgan fingerprint density at radius 1 is 1.16 bits per heavy atom. The van der Waals surface area contributed by atoms with Gasteiger partial charge in [0.2, 0.25) is 0 Å². The minimum atomic E-state index is -1.36. The van der Waals surface area contributed by atoms with Crippen molar-refractivity contribution >= 4 is 27.5 Å². The Morgan fingerprint density at radius 3 is 2.53 bits per heavy atom. The van der Waals surface area contributed by atoms with Gasteiger partial charge in [0.15, 0.2) is 0 Å². The lowest BCUT2D eigenvalue weighted by Crippen LogP contribution is -2.18. The van der Waals surface area contributed by atoms with Crippen molar-refractivity contribution in [1.29, 1.82) is 0 Å². The van der Waals surface area contributed by atoms with Crippen molar-refractivity contribution in [3.63, 3.8) is 0 Å². The molecule has 2 aromatic carbocycles. The first kappa shape index (κ1) is 13.7. The van der Waals surface area contributed by atoms with Crippen molar-refractivity contribution in [3.05, 3.63) is 42.5 Å². The second kappa shape index (κ2) is 5.97. The van der Waals surface area contributed by atoms with E-state index < -0.39 is 16.8 Å². The van der Waals surface area contributed by atoms with Crippen molar-refractivity contribution in [2.24, 2.45) is 0 Å². The molecule has 0 N–H and O–H groups in total. The van der Waals surface area contributed by atoms with Gasteiger partial charge in [0.05, 0.1) is 16.9 Å². The van der Waals surface area contributed by atoms with Gasteiger partial charge in [0, 0.05) is 4.90 Å². The van der Waals surface area contributed by atoms with Crippen molar-refractivity contribution in [2.75, 3.05) is 5.75 Å². The molecule has 0 aliphatic carbocycles. The summed E-state index contributed by atoms with van der Waals surface area (Å²) < 4.78 is 17.1. The lowest BCUT2D eigenvalue weighted by Gasteiger charge is -2.08. The maximum absolute atomic E-state index is 12.1. The SMILES string of the molecule is CC(C)OC(=O)CS(=O)c1ccc2ccccc2c1. The Balaban J connectivity index is 2.15. The van der Waals surface area contributed by atoms with E-state index in [9.17, 15) is 9.00 Å². The van der Waals surface area contributed by atoms with Gasteiger partial charge in [-0.1, -0.05) is 30.3 Å². The van der Waals surface area contributed by atoms with Crippen LogP contribution in [0.2, 0.25) is 0 Å². The molecule has 1 unspecified atom stereocenters. The summed E-state index contributed by atoms with van der Waals surface area (Å²) in [6, 6.07) is 13.4. The fourth-order valence-corrected chi connectivity index (χ4v) is 2.72. The van der Waals surface area contributed by atoms with Crippen LogP contribution in [0.4, 0.5) is 0 Å². The second-order valence-electron chi connectivity index (χ2n) is 4.54. The van der Waals surface area contributed by atoms with Crippen LogP contribution in [0, 0.1) is 0 Å². The summed E-state index contributed by atoms with van der Waals surface area (Å²) in [5, 5.41) is 2.11. The highest BCUT2D eigenvalue weighted by Crippen LogP contribution is 2.18. The third-order valence-electron chi connectivity index (χ3n) is 2.60. The van der Waals surface area contributed by atoms with E-state index in [0.29, 0.717) is 4.90 Å². The maximum atomic E-state index is 12.1. The quantitative estimate of drug-likeness (QED) is 0.806. The molecular weight excluding hydrogens is 260 g/mol. The van der Waals surface area contributed by atoms with Crippen LogP contribution >= 0.6 is 0 Å². The number of ether oxygens (including phenoxy) is 1. The van der Waals surface area contributed by atoms with Gasteiger partial charge in [-0.2, -0.15) is 0 Å². The molecule has 0 amide bonds. The minimum Gasteiger partial charge on any atom is -0.462 e. The average molecular weight is 276 g/mol. The van der Waals surface area contributed by atoms with Crippen molar-refractivity contribution in [1.82, 2.24) is 0 Å². The zero-order chi connectivity index (χ0) is 13.8. The van der Waals surface area contributed by atoms with E-state index in [0.717, 1.165) is 10.8 Å². The maximum Gasteiger partial charge on any atom is 0.319 e. The summed E-state index contributed by atoms with van der Waals surface area (Å²) in [5.41, 5.74) is 0. The van der Waals surface area contributed by atoms with Crippen LogP contribution in [-0.2, 0) is 20.3 Å².